The summed E-state index contributed by atoms with van der Waals surface area (Å²) in [6.45, 7) is 4.96. The largest absolute Gasteiger partial charge is 0.339 e. The van der Waals surface area contributed by atoms with E-state index >= 15 is 0 Å². The van der Waals surface area contributed by atoms with Crippen LogP contribution in [-0.4, -0.2) is 34.2 Å². The van der Waals surface area contributed by atoms with Gasteiger partial charge in [0.05, 0.1) is 0 Å². The predicted octanol–water partition coefficient (Wildman–Crippen LogP) is 1.60. The van der Waals surface area contributed by atoms with E-state index in [0.29, 0.717) is 0 Å². The highest BCUT2D eigenvalue weighted by molar-refractivity contribution is 5.45. The molecule has 0 amide bonds. The Hall–Kier alpha value is -1.62. The van der Waals surface area contributed by atoms with Gasteiger partial charge < -0.3 is 10.6 Å². The van der Waals surface area contributed by atoms with Crippen LogP contribution in [0.3, 0.4) is 0 Å². The number of nitrogens with two attached hydrogens (primary N) is 1. The lowest BCUT2D eigenvalue weighted by Gasteiger charge is -2.30. The molecule has 102 valence electrons. The number of aromatic nitrogens is 3. The van der Waals surface area contributed by atoms with E-state index in [2.05, 4.69) is 28.0 Å². The van der Waals surface area contributed by atoms with Crippen molar-refractivity contribution in [1.29, 1.82) is 0 Å². The van der Waals surface area contributed by atoms with Gasteiger partial charge in [0.15, 0.2) is 5.65 Å². The molecule has 2 aromatic heterocycles. The molecule has 1 saturated heterocycles. The molecule has 5 heteroatoms. The molecular formula is C14H21N5. The van der Waals surface area contributed by atoms with E-state index in [1.165, 1.54) is 18.4 Å². The highest BCUT2D eigenvalue weighted by Crippen LogP contribution is 2.23. The van der Waals surface area contributed by atoms with Crippen LogP contribution in [0.25, 0.3) is 5.65 Å². The Kier molecular flexibility index (Phi) is 3.38. The van der Waals surface area contributed by atoms with Crippen LogP contribution in [0.5, 0.6) is 0 Å². The minimum Gasteiger partial charge on any atom is -0.339 e. The maximum Gasteiger partial charge on any atom is 0.245 e. The Morgan fingerprint density at radius 3 is 2.84 bits per heavy atom. The number of hydrogen-bond acceptors (Lipinski definition) is 4. The Bertz CT molecular complexity index is 554. The molecule has 0 aromatic carbocycles. The maximum absolute atomic E-state index is 5.63. The van der Waals surface area contributed by atoms with E-state index in [1.807, 2.05) is 16.8 Å². The van der Waals surface area contributed by atoms with Crippen molar-refractivity contribution in [2.75, 3.05) is 24.5 Å². The molecule has 1 aliphatic heterocycles. The molecule has 0 aliphatic carbocycles. The number of anilines is 1. The summed E-state index contributed by atoms with van der Waals surface area (Å²) in [7, 11) is 0. The second-order valence-electron chi connectivity index (χ2n) is 5.43. The Labute approximate surface area is 113 Å². The molecule has 1 fully saturated rings. The molecule has 3 heterocycles. The molecule has 1 aliphatic rings. The van der Waals surface area contributed by atoms with Gasteiger partial charge in [0, 0.05) is 19.3 Å². The van der Waals surface area contributed by atoms with Gasteiger partial charge in [-0.25, -0.2) is 4.52 Å². The zero-order valence-corrected chi connectivity index (χ0v) is 11.4. The SMILES string of the molecule is Cc1ccc2nc(N3CCC(CCN)CC3)nn2c1. The monoisotopic (exact) mass is 259 g/mol. The third-order valence-corrected chi connectivity index (χ3v) is 3.94. The molecule has 0 spiro atoms. The molecule has 2 N–H and O–H groups in total. The van der Waals surface area contributed by atoms with Gasteiger partial charge in [-0.2, -0.15) is 4.98 Å². The molecule has 2 aromatic rings. The minimum absolute atomic E-state index is 0.778. The summed E-state index contributed by atoms with van der Waals surface area (Å²) in [6.07, 6.45) is 5.57. The predicted molar refractivity (Wildman–Crippen MR) is 76.3 cm³/mol. The van der Waals surface area contributed by atoms with Gasteiger partial charge in [0.2, 0.25) is 5.95 Å². The number of hydrogen-bond donors (Lipinski definition) is 1. The van der Waals surface area contributed by atoms with E-state index in [4.69, 9.17) is 5.73 Å². The van der Waals surface area contributed by atoms with Gasteiger partial charge in [-0.05, 0) is 50.3 Å². The average Bonchev–Trinajstić information content (AvgIpc) is 2.83. The lowest BCUT2D eigenvalue weighted by Crippen LogP contribution is -2.35. The van der Waals surface area contributed by atoms with Gasteiger partial charge in [-0.1, -0.05) is 6.07 Å². The second-order valence-corrected chi connectivity index (χ2v) is 5.43. The third kappa shape index (κ3) is 2.56. The average molecular weight is 259 g/mol. The number of nitrogens with zero attached hydrogens (tertiary/aromatic N) is 4. The van der Waals surface area contributed by atoms with Crippen molar-refractivity contribution in [2.24, 2.45) is 11.7 Å². The highest BCUT2D eigenvalue weighted by Gasteiger charge is 2.21. The Balaban J connectivity index is 1.74. The molecule has 5 nitrogen and oxygen atoms in total. The van der Waals surface area contributed by atoms with E-state index < -0.39 is 0 Å². The van der Waals surface area contributed by atoms with E-state index in [9.17, 15) is 0 Å². The topological polar surface area (TPSA) is 59.5 Å². The first-order valence-electron chi connectivity index (χ1n) is 7.04. The molecule has 19 heavy (non-hydrogen) atoms. The normalized spacial score (nSPS) is 17.3. The van der Waals surface area contributed by atoms with Crippen LogP contribution in [0.15, 0.2) is 18.3 Å². The van der Waals surface area contributed by atoms with E-state index in [1.54, 1.807) is 0 Å². The van der Waals surface area contributed by atoms with Crippen molar-refractivity contribution in [2.45, 2.75) is 26.2 Å². The van der Waals surface area contributed by atoms with Gasteiger partial charge in [-0.15, -0.1) is 5.10 Å². The van der Waals surface area contributed by atoms with Gasteiger partial charge in [0.25, 0.3) is 0 Å². The molecule has 0 radical (unpaired) electrons. The number of fused-ring (bicyclic) bond motifs is 1. The fraction of sp³-hybridized carbons (Fsp3) is 0.571. The second kappa shape index (κ2) is 5.17. The number of rotatable bonds is 3. The first-order chi connectivity index (χ1) is 9.26. The zero-order valence-electron chi connectivity index (χ0n) is 11.4. The van der Waals surface area contributed by atoms with Gasteiger partial charge >= 0.3 is 0 Å². The number of piperidine rings is 1. The lowest BCUT2D eigenvalue weighted by atomic mass is 9.94. The summed E-state index contributed by atoms with van der Waals surface area (Å²) >= 11 is 0. The van der Waals surface area contributed by atoms with Gasteiger partial charge in [0.1, 0.15) is 0 Å². The van der Waals surface area contributed by atoms with Crippen molar-refractivity contribution in [3.8, 4) is 0 Å². The van der Waals surface area contributed by atoms with Crippen LogP contribution in [-0.2, 0) is 0 Å². The first-order valence-corrected chi connectivity index (χ1v) is 7.04. The summed E-state index contributed by atoms with van der Waals surface area (Å²) in [6, 6.07) is 4.09. The molecule has 0 unspecified atom stereocenters. The van der Waals surface area contributed by atoms with Crippen LogP contribution in [0, 0.1) is 12.8 Å². The standard InChI is InChI=1S/C14H21N5/c1-11-2-3-13-16-14(17-19(13)10-11)18-8-5-12(4-7-15)6-9-18/h2-3,10,12H,4-9,15H2,1H3. The van der Waals surface area contributed by atoms with Crippen LogP contribution in [0.1, 0.15) is 24.8 Å². The minimum atomic E-state index is 0.778. The highest BCUT2D eigenvalue weighted by atomic mass is 15.4. The smallest absolute Gasteiger partial charge is 0.245 e. The fourth-order valence-electron chi connectivity index (χ4n) is 2.77. The number of pyridine rings is 1. The first kappa shape index (κ1) is 12.4. The van der Waals surface area contributed by atoms with Crippen LogP contribution < -0.4 is 10.6 Å². The summed E-state index contributed by atoms with van der Waals surface area (Å²) in [5.74, 6) is 1.64. The van der Waals surface area contributed by atoms with Crippen LogP contribution in [0.4, 0.5) is 5.95 Å². The van der Waals surface area contributed by atoms with Crippen LogP contribution >= 0.6 is 0 Å². The molecule has 0 atom stereocenters. The van der Waals surface area contributed by atoms with Crippen molar-refractivity contribution in [3.63, 3.8) is 0 Å². The quantitative estimate of drug-likeness (QED) is 0.909. The molecule has 0 bridgehead atoms. The van der Waals surface area contributed by atoms with Crippen molar-refractivity contribution in [3.05, 3.63) is 23.9 Å². The summed E-state index contributed by atoms with van der Waals surface area (Å²) in [5.41, 5.74) is 7.75. The van der Waals surface area contributed by atoms with Crippen molar-refractivity contribution in [1.82, 2.24) is 14.6 Å². The maximum atomic E-state index is 5.63. The fourth-order valence-corrected chi connectivity index (χ4v) is 2.77. The van der Waals surface area contributed by atoms with Crippen LogP contribution in [0.2, 0.25) is 0 Å². The van der Waals surface area contributed by atoms with Crippen molar-refractivity contribution < 1.29 is 0 Å². The molecule has 0 saturated carbocycles. The lowest BCUT2D eigenvalue weighted by molar-refractivity contribution is 0.384. The Morgan fingerprint density at radius 1 is 1.32 bits per heavy atom. The van der Waals surface area contributed by atoms with E-state index in [0.717, 1.165) is 43.6 Å². The Morgan fingerprint density at radius 2 is 2.11 bits per heavy atom. The summed E-state index contributed by atoms with van der Waals surface area (Å²) < 4.78 is 1.87. The zero-order chi connectivity index (χ0) is 13.2. The molecular weight excluding hydrogens is 238 g/mol. The summed E-state index contributed by atoms with van der Waals surface area (Å²) in [4.78, 5) is 6.89. The summed E-state index contributed by atoms with van der Waals surface area (Å²) in [5, 5.41) is 4.58. The van der Waals surface area contributed by atoms with Gasteiger partial charge in [-0.3, -0.25) is 0 Å². The van der Waals surface area contributed by atoms with E-state index in [-0.39, 0.29) is 0 Å². The molecule has 3 rings (SSSR count). The third-order valence-electron chi connectivity index (χ3n) is 3.94. The van der Waals surface area contributed by atoms with Crippen molar-refractivity contribution >= 4 is 11.6 Å². The number of aryl methyl sites for hydroxylation is 1.